The van der Waals surface area contributed by atoms with E-state index in [9.17, 15) is 9.59 Å². The molecular weight excluding hydrogens is 350 g/mol. The van der Waals surface area contributed by atoms with Crippen molar-refractivity contribution in [3.63, 3.8) is 0 Å². The Hall–Kier alpha value is -3.13. The van der Waals surface area contributed by atoms with Crippen molar-refractivity contribution in [2.24, 2.45) is 5.73 Å². The molecule has 132 valence electrons. The van der Waals surface area contributed by atoms with Crippen LogP contribution in [-0.2, 0) is 4.79 Å². The minimum atomic E-state index is -0.508. The van der Waals surface area contributed by atoms with Crippen LogP contribution in [0, 0.1) is 0 Å². The van der Waals surface area contributed by atoms with Crippen molar-refractivity contribution in [3.8, 4) is 5.69 Å². The van der Waals surface area contributed by atoms with Gasteiger partial charge in [0.05, 0.1) is 10.9 Å². The van der Waals surface area contributed by atoms with Gasteiger partial charge in [0.15, 0.2) is 0 Å². The number of nitrogens with zero attached hydrogens (tertiary/aromatic N) is 3. The third-order valence-corrected chi connectivity index (χ3v) is 4.55. The maximum absolute atomic E-state index is 12.3. The molecule has 0 aliphatic heterocycles. The molecule has 0 spiro atoms. The maximum atomic E-state index is 12.3. The van der Waals surface area contributed by atoms with Gasteiger partial charge in [-0.1, -0.05) is 30.0 Å². The van der Waals surface area contributed by atoms with Crippen LogP contribution >= 0.6 is 11.8 Å². The summed E-state index contributed by atoms with van der Waals surface area (Å²) in [6, 6.07) is 16.0. The molecule has 1 unspecified atom stereocenters. The molecule has 0 saturated heterocycles. The third kappa shape index (κ3) is 4.28. The monoisotopic (exact) mass is 367 g/mol. The Bertz CT molecular complexity index is 909. The summed E-state index contributed by atoms with van der Waals surface area (Å²) in [6.45, 7) is 1.78. The zero-order valence-electron chi connectivity index (χ0n) is 14.0. The molecule has 2 aromatic carbocycles. The molecule has 0 bridgehead atoms. The Balaban J connectivity index is 1.61. The van der Waals surface area contributed by atoms with E-state index in [1.54, 1.807) is 42.2 Å². The second kappa shape index (κ2) is 7.83. The molecule has 0 saturated carbocycles. The second-order valence-electron chi connectivity index (χ2n) is 5.50. The average Bonchev–Trinajstić information content (AvgIpc) is 3.11. The van der Waals surface area contributed by atoms with Crippen LogP contribution in [0.3, 0.4) is 0 Å². The number of carbonyl (C=O) groups is 2. The van der Waals surface area contributed by atoms with Gasteiger partial charge in [-0.3, -0.25) is 9.59 Å². The highest BCUT2D eigenvalue weighted by Gasteiger charge is 2.17. The molecule has 3 rings (SSSR count). The lowest BCUT2D eigenvalue weighted by Crippen LogP contribution is -2.22. The van der Waals surface area contributed by atoms with Crippen LogP contribution in [0.4, 0.5) is 5.69 Å². The lowest BCUT2D eigenvalue weighted by atomic mass is 10.2. The SMILES string of the molecule is CC(Sc1ncn(-c2ccccc2)n1)C(=O)Nc1ccc(C(N)=O)cc1. The van der Waals surface area contributed by atoms with Gasteiger partial charge in [-0.15, -0.1) is 5.10 Å². The molecule has 0 radical (unpaired) electrons. The fraction of sp³-hybridized carbons (Fsp3) is 0.111. The summed E-state index contributed by atoms with van der Waals surface area (Å²) in [5, 5.41) is 7.29. The van der Waals surface area contributed by atoms with Gasteiger partial charge in [0, 0.05) is 11.3 Å². The molecule has 1 atom stereocenters. The Labute approximate surface area is 154 Å². The fourth-order valence-corrected chi connectivity index (χ4v) is 2.91. The number of benzene rings is 2. The summed E-state index contributed by atoms with van der Waals surface area (Å²) in [5.74, 6) is -0.690. The van der Waals surface area contributed by atoms with Crippen molar-refractivity contribution in [2.75, 3.05) is 5.32 Å². The van der Waals surface area contributed by atoms with Gasteiger partial charge >= 0.3 is 0 Å². The first-order valence-electron chi connectivity index (χ1n) is 7.87. The zero-order valence-corrected chi connectivity index (χ0v) is 14.8. The van der Waals surface area contributed by atoms with Crippen LogP contribution in [-0.4, -0.2) is 31.8 Å². The zero-order chi connectivity index (χ0) is 18.5. The Kier molecular flexibility index (Phi) is 5.33. The molecule has 3 aromatic rings. The van der Waals surface area contributed by atoms with Gasteiger partial charge in [0.25, 0.3) is 0 Å². The summed E-state index contributed by atoms with van der Waals surface area (Å²) in [6.07, 6.45) is 1.62. The highest BCUT2D eigenvalue weighted by atomic mass is 32.2. The first-order chi connectivity index (χ1) is 12.5. The topological polar surface area (TPSA) is 103 Å². The molecule has 1 aromatic heterocycles. The minimum Gasteiger partial charge on any atom is -0.366 e. The van der Waals surface area contributed by atoms with Crippen LogP contribution in [0.1, 0.15) is 17.3 Å². The third-order valence-electron chi connectivity index (χ3n) is 3.58. The second-order valence-corrected chi connectivity index (χ2v) is 6.81. The smallest absolute Gasteiger partial charge is 0.248 e. The summed E-state index contributed by atoms with van der Waals surface area (Å²) in [4.78, 5) is 27.6. The fourth-order valence-electron chi connectivity index (χ4n) is 2.18. The van der Waals surface area contributed by atoms with Gasteiger partial charge in [-0.05, 0) is 43.3 Å². The maximum Gasteiger partial charge on any atom is 0.248 e. The van der Waals surface area contributed by atoms with Crippen molar-refractivity contribution < 1.29 is 9.59 Å². The number of hydrogen-bond donors (Lipinski definition) is 2. The summed E-state index contributed by atoms with van der Waals surface area (Å²) in [7, 11) is 0. The lowest BCUT2D eigenvalue weighted by Gasteiger charge is -2.10. The highest BCUT2D eigenvalue weighted by Crippen LogP contribution is 2.21. The minimum absolute atomic E-state index is 0.183. The van der Waals surface area contributed by atoms with Crippen LogP contribution < -0.4 is 11.1 Å². The molecular formula is C18H17N5O2S. The highest BCUT2D eigenvalue weighted by molar-refractivity contribution is 8.00. The average molecular weight is 367 g/mol. The van der Waals surface area contributed by atoms with Gasteiger partial charge < -0.3 is 11.1 Å². The van der Waals surface area contributed by atoms with Crippen molar-refractivity contribution in [2.45, 2.75) is 17.3 Å². The van der Waals surface area contributed by atoms with Crippen molar-refractivity contribution >= 4 is 29.3 Å². The molecule has 0 fully saturated rings. The first kappa shape index (κ1) is 17.7. The van der Waals surface area contributed by atoms with Gasteiger partial charge in [-0.25, -0.2) is 9.67 Å². The van der Waals surface area contributed by atoms with E-state index >= 15 is 0 Å². The van der Waals surface area contributed by atoms with E-state index in [-0.39, 0.29) is 5.91 Å². The van der Waals surface area contributed by atoms with Crippen molar-refractivity contribution in [1.29, 1.82) is 0 Å². The van der Waals surface area contributed by atoms with E-state index in [2.05, 4.69) is 15.4 Å². The molecule has 0 aliphatic carbocycles. The van der Waals surface area contributed by atoms with Crippen LogP contribution in [0.15, 0.2) is 66.1 Å². The van der Waals surface area contributed by atoms with Crippen LogP contribution in [0.2, 0.25) is 0 Å². The Morgan fingerprint density at radius 3 is 2.46 bits per heavy atom. The summed E-state index contributed by atoms with van der Waals surface area (Å²) < 4.78 is 1.66. The van der Waals surface area contributed by atoms with E-state index < -0.39 is 11.2 Å². The van der Waals surface area contributed by atoms with Crippen LogP contribution in [0.25, 0.3) is 5.69 Å². The molecule has 7 nitrogen and oxygen atoms in total. The predicted octanol–water partition coefficient (Wildman–Crippen LogP) is 2.49. The Morgan fingerprint density at radius 2 is 1.81 bits per heavy atom. The van der Waals surface area contributed by atoms with Crippen molar-refractivity contribution in [1.82, 2.24) is 14.8 Å². The number of nitrogens with two attached hydrogens (primary N) is 1. The van der Waals surface area contributed by atoms with E-state index in [0.29, 0.717) is 16.4 Å². The molecule has 2 amide bonds. The Morgan fingerprint density at radius 1 is 1.12 bits per heavy atom. The predicted molar refractivity (Wildman–Crippen MR) is 100 cm³/mol. The van der Waals surface area contributed by atoms with Crippen LogP contribution in [0.5, 0.6) is 0 Å². The number of amides is 2. The van der Waals surface area contributed by atoms with E-state index in [0.717, 1.165) is 5.69 Å². The number of para-hydroxylation sites is 1. The number of hydrogen-bond acceptors (Lipinski definition) is 5. The van der Waals surface area contributed by atoms with Crippen molar-refractivity contribution in [3.05, 3.63) is 66.5 Å². The lowest BCUT2D eigenvalue weighted by molar-refractivity contribution is -0.115. The van der Waals surface area contributed by atoms with Gasteiger partial charge in [-0.2, -0.15) is 0 Å². The molecule has 1 heterocycles. The number of nitrogens with one attached hydrogen (secondary N) is 1. The van der Waals surface area contributed by atoms with E-state index in [1.165, 1.54) is 11.8 Å². The quantitative estimate of drug-likeness (QED) is 0.652. The van der Waals surface area contributed by atoms with Gasteiger partial charge in [0.1, 0.15) is 6.33 Å². The van der Waals surface area contributed by atoms with Gasteiger partial charge in [0.2, 0.25) is 17.0 Å². The molecule has 3 N–H and O–H groups in total. The molecule has 0 aliphatic rings. The number of primary amides is 1. The standard InChI is InChI=1S/C18H17N5O2S/c1-12(17(25)21-14-9-7-13(8-10-14)16(19)24)26-18-20-11-23(22-18)15-5-3-2-4-6-15/h2-12H,1H3,(H2,19,24)(H,21,25). The number of carbonyl (C=O) groups excluding carboxylic acids is 2. The van der Waals surface area contributed by atoms with E-state index in [4.69, 9.17) is 5.73 Å². The molecule has 8 heteroatoms. The largest absolute Gasteiger partial charge is 0.366 e. The number of aromatic nitrogens is 3. The normalized spacial score (nSPS) is 11.7. The summed E-state index contributed by atoms with van der Waals surface area (Å²) >= 11 is 1.27. The molecule has 26 heavy (non-hydrogen) atoms. The first-order valence-corrected chi connectivity index (χ1v) is 8.75. The number of thioether (sulfide) groups is 1. The number of rotatable bonds is 6. The number of anilines is 1. The summed E-state index contributed by atoms with van der Waals surface area (Å²) in [5.41, 5.74) is 7.08. The van der Waals surface area contributed by atoms with E-state index in [1.807, 2.05) is 30.3 Å².